The number of carboxylic acids is 1. The Bertz CT molecular complexity index is 800. The number of methoxy groups -OCH3 is 1. The van der Waals surface area contributed by atoms with Gasteiger partial charge in [-0.15, -0.1) is 0 Å². The van der Waals surface area contributed by atoms with E-state index in [2.05, 4.69) is 0 Å². The average Bonchev–Trinajstić information content (AvgIpc) is 2.71. The highest BCUT2D eigenvalue weighted by Gasteiger charge is 2.29. The zero-order valence-corrected chi connectivity index (χ0v) is 17.7. The summed E-state index contributed by atoms with van der Waals surface area (Å²) in [6.45, 7) is 3.84. The molecule has 5 N–H and O–H groups in total. The van der Waals surface area contributed by atoms with E-state index in [-0.39, 0.29) is 29.4 Å². The van der Waals surface area contributed by atoms with Gasteiger partial charge in [0.2, 0.25) is 5.91 Å². The van der Waals surface area contributed by atoms with Gasteiger partial charge in [0.1, 0.15) is 17.1 Å². The average molecular weight is 439 g/mol. The van der Waals surface area contributed by atoms with Crippen molar-refractivity contribution in [1.82, 2.24) is 9.80 Å². The fourth-order valence-corrected chi connectivity index (χ4v) is 4.19. The molecule has 0 radical (unpaired) electrons. The van der Waals surface area contributed by atoms with Crippen molar-refractivity contribution in [3.63, 3.8) is 0 Å². The molecule has 1 amide bonds. The van der Waals surface area contributed by atoms with Gasteiger partial charge in [-0.3, -0.25) is 10.2 Å². The molecule has 1 aliphatic heterocycles. The zero-order valence-electron chi connectivity index (χ0n) is 16.9. The third-order valence-corrected chi connectivity index (χ3v) is 6.19. The smallest absolute Gasteiger partial charge is 0.465 e. The summed E-state index contributed by atoms with van der Waals surface area (Å²) >= 11 is 1.03. The van der Waals surface area contributed by atoms with Gasteiger partial charge in [0.05, 0.1) is 18.7 Å². The number of hydrogen-bond donors (Lipinski definition) is 5. The van der Waals surface area contributed by atoms with Crippen LogP contribution in [0.5, 0.6) is 11.5 Å². The normalized spacial score (nSPS) is 14.9. The summed E-state index contributed by atoms with van der Waals surface area (Å²) in [5.41, 5.74) is -0.192. The second kappa shape index (κ2) is 10.6. The van der Waals surface area contributed by atoms with E-state index in [0.717, 1.165) is 11.8 Å². The first-order chi connectivity index (χ1) is 14.1. The van der Waals surface area contributed by atoms with Crippen molar-refractivity contribution in [1.29, 1.82) is 5.41 Å². The Morgan fingerprint density at radius 2 is 1.83 bits per heavy atom. The minimum absolute atomic E-state index is 0.00743. The Morgan fingerprint density at radius 1 is 1.23 bits per heavy atom. The quantitative estimate of drug-likeness (QED) is 0.212. The third-order valence-electron chi connectivity index (χ3n) is 4.94. The highest BCUT2D eigenvalue weighted by molar-refractivity contribution is 8.01. The maximum atomic E-state index is 12.5. The van der Waals surface area contributed by atoms with Crippen LogP contribution in [0, 0.1) is 5.41 Å². The number of nitrogens with zero attached hydrogens (tertiary/aromatic N) is 2. The molecule has 164 valence electrons. The standard InChI is InChI=1S/C18H26BN3O7S/c1-11(20)21-5-7-22(8-6-21)15(23)10-30-14(19(27)28)9-12-3-4-13(29-2)16(17(12)24)18(25)26/h3-4,14,20,24,27-28H,5-10H2,1-2H3,(H,25,26)/t14-/m0/s1. The Hall–Kier alpha value is -2.44. The van der Waals surface area contributed by atoms with Crippen LogP contribution < -0.4 is 4.74 Å². The lowest BCUT2D eigenvalue weighted by Gasteiger charge is -2.35. The Balaban J connectivity index is 2.02. The summed E-state index contributed by atoms with van der Waals surface area (Å²) in [7, 11) is -0.485. The van der Waals surface area contributed by atoms with E-state index in [1.165, 1.54) is 19.2 Å². The van der Waals surface area contributed by atoms with E-state index in [1.807, 2.05) is 4.90 Å². The molecule has 0 spiro atoms. The van der Waals surface area contributed by atoms with Gasteiger partial charge < -0.3 is 34.8 Å². The van der Waals surface area contributed by atoms with E-state index in [0.29, 0.717) is 32.0 Å². The summed E-state index contributed by atoms with van der Waals surface area (Å²) in [6.07, 6.45) is -0.0491. The second-order valence-electron chi connectivity index (χ2n) is 6.88. The first-order valence-corrected chi connectivity index (χ1v) is 10.4. The molecule has 2 rings (SSSR count). The number of piperazine rings is 1. The van der Waals surface area contributed by atoms with Gasteiger partial charge in [0, 0.05) is 31.3 Å². The molecule has 0 saturated carbocycles. The van der Waals surface area contributed by atoms with Gasteiger partial charge in [0.15, 0.2) is 0 Å². The lowest BCUT2D eigenvalue weighted by Crippen LogP contribution is -2.50. The molecule has 1 atom stereocenters. The van der Waals surface area contributed by atoms with Crippen LogP contribution in [0.3, 0.4) is 0 Å². The third kappa shape index (κ3) is 5.80. The Kier molecular flexibility index (Phi) is 8.38. The van der Waals surface area contributed by atoms with Crippen LogP contribution in [0.1, 0.15) is 22.8 Å². The maximum absolute atomic E-state index is 12.5. The maximum Gasteiger partial charge on any atom is 0.465 e. The molecule has 1 aromatic carbocycles. The molecule has 1 saturated heterocycles. The van der Waals surface area contributed by atoms with Gasteiger partial charge >= 0.3 is 13.1 Å². The first-order valence-electron chi connectivity index (χ1n) is 9.33. The number of benzene rings is 1. The van der Waals surface area contributed by atoms with Crippen LogP contribution in [0.4, 0.5) is 0 Å². The molecule has 1 heterocycles. The number of aromatic carboxylic acids is 1. The Morgan fingerprint density at radius 3 is 2.33 bits per heavy atom. The SMILES string of the molecule is COc1ccc(C[C@H](SCC(=O)N2CCN(C(C)=N)CC2)B(O)O)c(O)c1C(=O)O. The van der Waals surface area contributed by atoms with Crippen molar-refractivity contribution >= 4 is 36.6 Å². The number of aromatic hydroxyl groups is 1. The van der Waals surface area contributed by atoms with Crippen LogP contribution in [0.25, 0.3) is 0 Å². The fraction of sp³-hybridized carbons (Fsp3) is 0.500. The number of phenols is 1. The predicted octanol–water partition coefficient (Wildman–Crippen LogP) is -0.103. The number of carbonyl (C=O) groups is 2. The molecule has 0 unspecified atom stereocenters. The van der Waals surface area contributed by atoms with Crippen LogP contribution >= 0.6 is 11.8 Å². The second-order valence-corrected chi connectivity index (χ2v) is 8.10. The van der Waals surface area contributed by atoms with Crippen LogP contribution in [-0.4, -0.2) is 99.1 Å². The summed E-state index contributed by atoms with van der Waals surface area (Å²) in [4.78, 5) is 27.4. The molecule has 1 aromatic rings. The molecule has 30 heavy (non-hydrogen) atoms. The number of carboxylic acid groups (broad SMARTS) is 1. The fourth-order valence-electron chi connectivity index (χ4n) is 3.19. The molecule has 0 aliphatic carbocycles. The number of carbonyl (C=O) groups excluding carboxylic acids is 1. The molecule has 1 fully saturated rings. The van der Waals surface area contributed by atoms with Crippen molar-refractivity contribution in [2.45, 2.75) is 18.5 Å². The van der Waals surface area contributed by atoms with Gasteiger partial charge in [-0.25, -0.2) is 4.79 Å². The highest BCUT2D eigenvalue weighted by Crippen LogP contribution is 2.33. The minimum Gasteiger partial charge on any atom is -0.507 e. The van der Waals surface area contributed by atoms with Crippen LogP contribution in [0.15, 0.2) is 12.1 Å². The van der Waals surface area contributed by atoms with Crippen molar-refractivity contribution in [3.05, 3.63) is 23.3 Å². The predicted molar refractivity (Wildman–Crippen MR) is 113 cm³/mol. The van der Waals surface area contributed by atoms with E-state index in [9.17, 15) is 29.9 Å². The number of hydrogen-bond acceptors (Lipinski definition) is 8. The van der Waals surface area contributed by atoms with E-state index < -0.39 is 29.5 Å². The van der Waals surface area contributed by atoms with Crippen molar-refractivity contribution in [3.8, 4) is 11.5 Å². The van der Waals surface area contributed by atoms with Crippen LogP contribution in [0.2, 0.25) is 0 Å². The number of ether oxygens (including phenoxy) is 1. The highest BCUT2D eigenvalue weighted by atomic mass is 32.2. The minimum atomic E-state index is -1.77. The van der Waals surface area contributed by atoms with Crippen molar-refractivity contribution < 1.29 is 34.6 Å². The summed E-state index contributed by atoms with van der Waals surface area (Å²) in [5, 5.41) is 45.9. The number of nitrogens with one attached hydrogen (secondary N) is 1. The number of thioether (sulfide) groups is 1. The zero-order chi connectivity index (χ0) is 22.4. The Labute approximate surface area is 179 Å². The summed E-state index contributed by atoms with van der Waals surface area (Å²) in [6, 6.07) is 2.84. The molecular weight excluding hydrogens is 413 g/mol. The monoisotopic (exact) mass is 439 g/mol. The molecule has 0 aromatic heterocycles. The number of amidine groups is 1. The van der Waals surface area contributed by atoms with E-state index in [1.54, 1.807) is 11.8 Å². The van der Waals surface area contributed by atoms with Gasteiger partial charge in [-0.1, -0.05) is 6.07 Å². The first kappa shape index (κ1) is 23.8. The van der Waals surface area contributed by atoms with Gasteiger partial charge in [-0.05, 0) is 25.0 Å². The lowest BCUT2D eigenvalue weighted by atomic mass is 9.81. The van der Waals surface area contributed by atoms with Crippen molar-refractivity contribution in [2.75, 3.05) is 39.0 Å². The summed E-state index contributed by atoms with van der Waals surface area (Å²) in [5.74, 6) is -1.56. The molecule has 10 nitrogen and oxygen atoms in total. The molecule has 0 bridgehead atoms. The van der Waals surface area contributed by atoms with E-state index >= 15 is 0 Å². The van der Waals surface area contributed by atoms with Crippen LogP contribution in [-0.2, 0) is 11.2 Å². The topological polar surface area (TPSA) is 155 Å². The summed E-state index contributed by atoms with van der Waals surface area (Å²) < 4.78 is 4.95. The van der Waals surface area contributed by atoms with E-state index in [4.69, 9.17) is 10.1 Å². The van der Waals surface area contributed by atoms with Crippen molar-refractivity contribution in [2.24, 2.45) is 0 Å². The van der Waals surface area contributed by atoms with Gasteiger partial charge in [-0.2, -0.15) is 11.8 Å². The lowest BCUT2D eigenvalue weighted by molar-refractivity contribution is -0.129. The number of rotatable bonds is 8. The molecule has 1 aliphatic rings. The molecular formula is C18H26BN3O7S. The molecule has 12 heteroatoms. The largest absolute Gasteiger partial charge is 0.507 e. The number of amides is 1. The van der Waals surface area contributed by atoms with Gasteiger partial charge in [0.25, 0.3) is 0 Å².